The highest BCUT2D eigenvalue weighted by molar-refractivity contribution is 6.35. The number of halogens is 2. The van der Waals surface area contributed by atoms with Gasteiger partial charge in [0.1, 0.15) is 18.1 Å². The normalized spacial score (nSPS) is 11.5. The average Bonchev–Trinajstić information content (AvgIpc) is 2.79. The minimum absolute atomic E-state index is 0.233. The van der Waals surface area contributed by atoms with Crippen molar-refractivity contribution in [1.29, 1.82) is 0 Å². The van der Waals surface area contributed by atoms with E-state index in [0.29, 0.717) is 28.3 Å². The lowest BCUT2D eigenvalue weighted by atomic mass is 10.1. The van der Waals surface area contributed by atoms with Gasteiger partial charge in [0, 0.05) is 16.7 Å². The molecule has 0 radical (unpaired) electrons. The van der Waals surface area contributed by atoms with Crippen molar-refractivity contribution in [3.05, 3.63) is 64.6 Å². The molecule has 0 fully saturated rings. The summed E-state index contributed by atoms with van der Waals surface area (Å²) >= 11 is 11.9. The summed E-state index contributed by atoms with van der Waals surface area (Å²) in [4.78, 5) is 12.2. The summed E-state index contributed by atoms with van der Waals surface area (Å²) in [6.45, 7) is 4.70. The van der Waals surface area contributed by atoms with E-state index in [1.165, 1.54) is 0 Å². The van der Waals surface area contributed by atoms with Crippen LogP contribution in [-0.2, 0) is 4.79 Å². The van der Waals surface area contributed by atoms with Crippen LogP contribution in [0.15, 0.2) is 54.6 Å². The Morgan fingerprint density at radius 3 is 2.47 bits per heavy atom. The molecule has 7 nitrogen and oxygen atoms in total. The summed E-state index contributed by atoms with van der Waals surface area (Å²) in [7, 11) is 0. The molecule has 1 unspecified atom stereocenters. The van der Waals surface area contributed by atoms with Crippen LogP contribution in [0.4, 0.5) is 0 Å². The Bertz CT molecular complexity index is 1030. The van der Waals surface area contributed by atoms with Gasteiger partial charge < -0.3 is 19.5 Å². The zero-order chi connectivity index (χ0) is 22.9. The summed E-state index contributed by atoms with van der Waals surface area (Å²) < 4.78 is 16.6. The molecule has 1 amide bonds. The summed E-state index contributed by atoms with van der Waals surface area (Å²) in [6, 6.07) is 16.0. The quantitative estimate of drug-likeness (QED) is 0.423. The molecule has 1 heterocycles. The molecule has 2 aromatic carbocycles. The standard InChI is InChI=1S/C23H23Cl2N3O4/c1-3-30-18-7-4-16(5-8-18)20-9-11-22(28-27-20)31-13-12-26-23(29)15(2)32-21-10-6-17(24)14-19(21)25/h4-11,14-15H,3,12-13H2,1-2H3,(H,26,29). The van der Waals surface area contributed by atoms with Gasteiger partial charge in [-0.15, -0.1) is 10.2 Å². The molecule has 0 spiro atoms. The largest absolute Gasteiger partial charge is 0.494 e. The first kappa shape index (κ1) is 23.6. The van der Waals surface area contributed by atoms with E-state index in [2.05, 4.69) is 15.5 Å². The first-order valence-corrected chi connectivity index (χ1v) is 10.8. The molecule has 0 aliphatic carbocycles. The van der Waals surface area contributed by atoms with Gasteiger partial charge in [-0.25, -0.2) is 0 Å². The topological polar surface area (TPSA) is 82.6 Å². The number of rotatable bonds is 10. The second-order valence-corrected chi connectivity index (χ2v) is 7.53. The highest BCUT2D eigenvalue weighted by atomic mass is 35.5. The van der Waals surface area contributed by atoms with Gasteiger partial charge in [0.25, 0.3) is 5.91 Å². The van der Waals surface area contributed by atoms with Gasteiger partial charge in [0.15, 0.2) is 6.10 Å². The molecule has 1 atom stereocenters. The predicted molar refractivity (Wildman–Crippen MR) is 124 cm³/mol. The van der Waals surface area contributed by atoms with Crippen LogP contribution in [0.5, 0.6) is 17.4 Å². The first-order chi connectivity index (χ1) is 15.5. The first-order valence-electron chi connectivity index (χ1n) is 10.1. The Labute approximate surface area is 196 Å². The van der Waals surface area contributed by atoms with Crippen molar-refractivity contribution in [2.24, 2.45) is 0 Å². The molecular weight excluding hydrogens is 453 g/mol. The molecule has 9 heteroatoms. The number of nitrogens with zero attached hydrogens (tertiary/aromatic N) is 2. The second kappa shape index (κ2) is 11.5. The predicted octanol–water partition coefficient (Wildman–Crippen LogP) is 4.81. The van der Waals surface area contributed by atoms with Crippen molar-refractivity contribution < 1.29 is 19.0 Å². The number of carbonyl (C=O) groups excluding carboxylic acids is 1. The number of hydrogen-bond acceptors (Lipinski definition) is 6. The van der Waals surface area contributed by atoms with Crippen LogP contribution in [0.1, 0.15) is 13.8 Å². The Morgan fingerprint density at radius 1 is 1.03 bits per heavy atom. The van der Waals surface area contributed by atoms with Gasteiger partial charge in [-0.3, -0.25) is 4.79 Å². The van der Waals surface area contributed by atoms with Crippen molar-refractivity contribution in [2.75, 3.05) is 19.8 Å². The smallest absolute Gasteiger partial charge is 0.260 e. The molecule has 0 aliphatic rings. The molecule has 3 rings (SSSR count). The lowest BCUT2D eigenvalue weighted by Gasteiger charge is -2.15. The number of hydrogen-bond donors (Lipinski definition) is 1. The molecule has 1 aromatic heterocycles. The van der Waals surface area contributed by atoms with Crippen molar-refractivity contribution in [3.8, 4) is 28.6 Å². The molecule has 0 bridgehead atoms. The fraction of sp³-hybridized carbons (Fsp3) is 0.261. The van der Waals surface area contributed by atoms with E-state index in [9.17, 15) is 4.79 Å². The molecule has 0 saturated carbocycles. The van der Waals surface area contributed by atoms with Crippen LogP contribution >= 0.6 is 23.2 Å². The van der Waals surface area contributed by atoms with Gasteiger partial charge in [-0.1, -0.05) is 23.2 Å². The Kier molecular flexibility index (Phi) is 8.53. The molecule has 0 saturated heterocycles. The summed E-state index contributed by atoms with van der Waals surface area (Å²) in [5, 5.41) is 11.8. The molecule has 1 N–H and O–H groups in total. The third kappa shape index (κ3) is 6.73. The highest BCUT2D eigenvalue weighted by Gasteiger charge is 2.16. The van der Waals surface area contributed by atoms with Crippen LogP contribution in [0.3, 0.4) is 0 Å². The fourth-order valence-corrected chi connectivity index (χ4v) is 3.18. The maximum Gasteiger partial charge on any atom is 0.260 e. The third-order valence-electron chi connectivity index (χ3n) is 4.32. The number of benzene rings is 2. The van der Waals surface area contributed by atoms with E-state index in [1.54, 1.807) is 31.2 Å². The maximum absolute atomic E-state index is 12.2. The van der Waals surface area contributed by atoms with Crippen molar-refractivity contribution >= 4 is 29.1 Å². The Balaban J connectivity index is 1.42. The van der Waals surface area contributed by atoms with Crippen LogP contribution in [-0.4, -0.2) is 42.0 Å². The van der Waals surface area contributed by atoms with Crippen LogP contribution in [0.25, 0.3) is 11.3 Å². The van der Waals surface area contributed by atoms with E-state index in [4.69, 9.17) is 37.4 Å². The van der Waals surface area contributed by atoms with E-state index in [-0.39, 0.29) is 19.1 Å². The monoisotopic (exact) mass is 475 g/mol. The van der Waals surface area contributed by atoms with Gasteiger partial charge >= 0.3 is 0 Å². The van der Waals surface area contributed by atoms with Crippen LogP contribution < -0.4 is 19.5 Å². The second-order valence-electron chi connectivity index (χ2n) is 6.69. The van der Waals surface area contributed by atoms with Gasteiger partial charge in [-0.2, -0.15) is 0 Å². The SMILES string of the molecule is CCOc1ccc(-c2ccc(OCCNC(=O)C(C)Oc3ccc(Cl)cc3Cl)nn2)cc1. The van der Waals surface area contributed by atoms with E-state index in [1.807, 2.05) is 37.3 Å². The summed E-state index contributed by atoms with van der Waals surface area (Å²) in [6.07, 6.45) is -0.734. The zero-order valence-corrected chi connectivity index (χ0v) is 19.2. The third-order valence-corrected chi connectivity index (χ3v) is 4.85. The van der Waals surface area contributed by atoms with E-state index >= 15 is 0 Å². The Hall–Kier alpha value is -3.03. The minimum Gasteiger partial charge on any atom is -0.494 e. The number of ether oxygens (including phenoxy) is 3. The van der Waals surface area contributed by atoms with Gasteiger partial charge in [-0.05, 0) is 62.4 Å². The van der Waals surface area contributed by atoms with E-state index < -0.39 is 6.10 Å². The van der Waals surface area contributed by atoms with Crippen LogP contribution in [0, 0.1) is 0 Å². The number of aromatic nitrogens is 2. The molecule has 0 aliphatic heterocycles. The zero-order valence-electron chi connectivity index (χ0n) is 17.7. The van der Waals surface area contributed by atoms with Crippen LogP contribution in [0.2, 0.25) is 10.0 Å². The molecular formula is C23H23Cl2N3O4. The summed E-state index contributed by atoms with van der Waals surface area (Å²) in [5.74, 6) is 1.27. The lowest BCUT2D eigenvalue weighted by Crippen LogP contribution is -2.38. The highest BCUT2D eigenvalue weighted by Crippen LogP contribution is 2.28. The summed E-state index contributed by atoms with van der Waals surface area (Å²) in [5.41, 5.74) is 1.65. The number of carbonyl (C=O) groups is 1. The minimum atomic E-state index is -0.734. The number of amides is 1. The van der Waals surface area contributed by atoms with E-state index in [0.717, 1.165) is 17.0 Å². The molecule has 168 valence electrons. The van der Waals surface area contributed by atoms with Crippen molar-refractivity contribution in [3.63, 3.8) is 0 Å². The van der Waals surface area contributed by atoms with Crippen molar-refractivity contribution in [1.82, 2.24) is 15.5 Å². The fourth-order valence-electron chi connectivity index (χ4n) is 2.73. The number of nitrogens with one attached hydrogen (secondary N) is 1. The average molecular weight is 476 g/mol. The van der Waals surface area contributed by atoms with Crippen molar-refractivity contribution in [2.45, 2.75) is 20.0 Å². The molecule has 3 aromatic rings. The maximum atomic E-state index is 12.2. The van der Waals surface area contributed by atoms with Gasteiger partial charge in [0.05, 0.1) is 23.9 Å². The molecule has 32 heavy (non-hydrogen) atoms. The lowest BCUT2D eigenvalue weighted by molar-refractivity contribution is -0.127. The Morgan fingerprint density at radius 2 is 1.81 bits per heavy atom. The van der Waals surface area contributed by atoms with Gasteiger partial charge in [0.2, 0.25) is 5.88 Å².